The van der Waals surface area contributed by atoms with Crippen molar-refractivity contribution in [1.29, 1.82) is 0 Å². The summed E-state index contributed by atoms with van der Waals surface area (Å²) in [4.78, 5) is 45.6. The molecule has 1 aromatic carbocycles. The van der Waals surface area contributed by atoms with Crippen LogP contribution in [0.15, 0.2) is 55.6 Å². The molecular weight excluding hydrogens is 580 g/mol. The molecule has 3 aliphatic heterocycles. The number of benzene rings is 1. The lowest BCUT2D eigenvalue weighted by Crippen LogP contribution is -2.58. The van der Waals surface area contributed by atoms with Crippen molar-refractivity contribution in [2.45, 2.75) is 65.9 Å². The maximum absolute atomic E-state index is 14.4. The standard InChI is InChI=1S/C30H39BrN2O5S/c1-4-7-15-32(14-6-3)28(36)26-30-18-22(31)25(39-30)23(29(37)38-16-8-5-2)24(30)27(35)33(26)21(19-34)17-20-12-10-9-11-13-20/h5-6,9-13,21-26,34H,2-4,7-8,14-19H2,1H3/t21-,22?,23+,24+,25+,26?,30?/m1/s1. The molecule has 0 saturated carbocycles. The number of unbranched alkanes of at least 4 members (excludes halogenated alkanes) is 1. The molecule has 212 valence electrons. The molecule has 7 atom stereocenters. The molecule has 1 N–H and O–H groups in total. The van der Waals surface area contributed by atoms with Gasteiger partial charge in [0.15, 0.2) is 0 Å². The molecule has 0 aliphatic carbocycles. The molecule has 4 rings (SSSR count). The van der Waals surface area contributed by atoms with Gasteiger partial charge in [-0.1, -0.05) is 71.8 Å². The Morgan fingerprint density at radius 2 is 2.05 bits per heavy atom. The number of amides is 2. The molecule has 1 spiro atoms. The molecule has 2 amide bonds. The summed E-state index contributed by atoms with van der Waals surface area (Å²) in [5.74, 6) is -2.13. The molecule has 3 heterocycles. The number of rotatable bonds is 14. The van der Waals surface area contributed by atoms with Crippen molar-refractivity contribution in [2.75, 3.05) is 26.3 Å². The third-order valence-electron chi connectivity index (χ3n) is 8.16. The summed E-state index contributed by atoms with van der Waals surface area (Å²) in [5, 5.41) is 10.4. The Hall–Kier alpha value is -2.10. The van der Waals surface area contributed by atoms with Gasteiger partial charge in [-0.25, -0.2) is 0 Å². The maximum atomic E-state index is 14.4. The third kappa shape index (κ3) is 5.59. The predicted molar refractivity (Wildman–Crippen MR) is 158 cm³/mol. The number of alkyl halides is 1. The molecule has 7 nitrogen and oxygen atoms in total. The first-order chi connectivity index (χ1) is 18.8. The molecule has 0 aromatic heterocycles. The number of thioether (sulfide) groups is 1. The molecule has 3 saturated heterocycles. The van der Waals surface area contributed by atoms with Crippen LogP contribution < -0.4 is 0 Å². The van der Waals surface area contributed by atoms with Crippen molar-refractivity contribution in [2.24, 2.45) is 11.8 Å². The van der Waals surface area contributed by atoms with Gasteiger partial charge in [-0.05, 0) is 31.2 Å². The number of esters is 1. The van der Waals surface area contributed by atoms with Crippen LogP contribution in [-0.2, 0) is 25.5 Å². The van der Waals surface area contributed by atoms with Gasteiger partial charge in [0.25, 0.3) is 0 Å². The Morgan fingerprint density at radius 3 is 2.69 bits per heavy atom. The van der Waals surface area contributed by atoms with E-state index in [0.29, 0.717) is 32.4 Å². The van der Waals surface area contributed by atoms with Gasteiger partial charge >= 0.3 is 5.97 Å². The van der Waals surface area contributed by atoms with Crippen LogP contribution in [0.1, 0.15) is 38.2 Å². The van der Waals surface area contributed by atoms with E-state index in [-0.39, 0.29) is 35.1 Å². The first-order valence-corrected chi connectivity index (χ1v) is 15.6. The van der Waals surface area contributed by atoms with Gasteiger partial charge in [-0.15, -0.1) is 24.9 Å². The molecule has 0 radical (unpaired) electrons. The summed E-state index contributed by atoms with van der Waals surface area (Å²) in [6.07, 6.45) is 6.68. The van der Waals surface area contributed by atoms with Gasteiger partial charge in [0, 0.05) is 23.2 Å². The van der Waals surface area contributed by atoms with Gasteiger partial charge in [-0.3, -0.25) is 14.4 Å². The topological polar surface area (TPSA) is 87.1 Å². The largest absolute Gasteiger partial charge is 0.465 e. The third-order valence-corrected chi connectivity index (χ3v) is 11.4. The van der Waals surface area contributed by atoms with E-state index in [1.54, 1.807) is 33.7 Å². The zero-order valence-corrected chi connectivity index (χ0v) is 24.9. The summed E-state index contributed by atoms with van der Waals surface area (Å²) in [6, 6.07) is 8.28. The summed E-state index contributed by atoms with van der Waals surface area (Å²) < 4.78 is 4.81. The van der Waals surface area contributed by atoms with Gasteiger partial charge < -0.3 is 19.6 Å². The molecule has 9 heteroatoms. The molecule has 2 bridgehead atoms. The van der Waals surface area contributed by atoms with Gasteiger partial charge in [-0.2, -0.15) is 0 Å². The van der Waals surface area contributed by atoms with Gasteiger partial charge in [0.1, 0.15) is 6.04 Å². The van der Waals surface area contributed by atoms with Crippen LogP contribution in [0.2, 0.25) is 0 Å². The highest BCUT2D eigenvalue weighted by molar-refractivity contribution is 9.09. The summed E-state index contributed by atoms with van der Waals surface area (Å²) in [6.45, 7) is 10.5. The summed E-state index contributed by atoms with van der Waals surface area (Å²) in [7, 11) is 0. The first kappa shape index (κ1) is 29.9. The number of carbonyl (C=O) groups excluding carboxylic acids is 3. The molecule has 39 heavy (non-hydrogen) atoms. The van der Waals surface area contributed by atoms with Crippen LogP contribution in [0.5, 0.6) is 0 Å². The average Bonchev–Trinajstić information content (AvgIpc) is 3.53. The molecule has 1 aromatic rings. The molecular formula is C30H39BrN2O5S. The highest BCUT2D eigenvalue weighted by Crippen LogP contribution is 2.68. The summed E-state index contributed by atoms with van der Waals surface area (Å²) >= 11 is 5.37. The second-order valence-corrected chi connectivity index (χ2v) is 13.3. The van der Waals surface area contributed by atoms with Gasteiger partial charge in [0.2, 0.25) is 11.8 Å². The number of hydrogen-bond donors (Lipinski definition) is 1. The number of nitrogens with zero attached hydrogens (tertiary/aromatic N) is 2. The van der Waals surface area contributed by atoms with Crippen molar-refractivity contribution in [1.82, 2.24) is 9.80 Å². The fourth-order valence-electron chi connectivity index (χ4n) is 6.45. The van der Waals surface area contributed by atoms with Crippen molar-refractivity contribution >= 4 is 45.5 Å². The number of ether oxygens (including phenoxy) is 1. The number of hydrogen-bond acceptors (Lipinski definition) is 6. The highest BCUT2D eigenvalue weighted by Gasteiger charge is 2.76. The normalized spacial score (nSPS) is 29.7. The second-order valence-electron chi connectivity index (χ2n) is 10.6. The zero-order valence-electron chi connectivity index (χ0n) is 22.5. The quantitative estimate of drug-likeness (QED) is 0.147. The van der Waals surface area contributed by atoms with Crippen LogP contribution in [0.4, 0.5) is 0 Å². The Bertz CT molecular complexity index is 1070. The van der Waals surface area contributed by atoms with E-state index in [0.717, 1.165) is 18.4 Å². The van der Waals surface area contributed by atoms with Crippen molar-refractivity contribution in [3.63, 3.8) is 0 Å². The van der Waals surface area contributed by atoms with Crippen molar-refractivity contribution in [3.8, 4) is 0 Å². The number of aliphatic hydroxyl groups excluding tert-OH is 1. The highest BCUT2D eigenvalue weighted by atomic mass is 79.9. The minimum atomic E-state index is -0.798. The smallest absolute Gasteiger partial charge is 0.310 e. The number of carbonyl (C=O) groups is 3. The lowest BCUT2D eigenvalue weighted by atomic mass is 9.71. The fraction of sp³-hybridized carbons (Fsp3) is 0.567. The fourth-order valence-corrected chi connectivity index (χ4v) is 10.0. The average molecular weight is 620 g/mol. The Morgan fingerprint density at radius 1 is 1.31 bits per heavy atom. The van der Waals surface area contributed by atoms with Crippen molar-refractivity contribution in [3.05, 3.63) is 61.2 Å². The maximum Gasteiger partial charge on any atom is 0.310 e. The van der Waals surface area contributed by atoms with E-state index in [2.05, 4.69) is 36.0 Å². The molecule has 3 aliphatic rings. The van der Waals surface area contributed by atoms with E-state index < -0.39 is 34.6 Å². The van der Waals surface area contributed by atoms with E-state index in [4.69, 9.17) is 4.74 Å². The van der Waals surface area contributed by atoms with E-state index >= 15 is 0 Å². The number of fused-ring (bicyclic) bond motifs is 1. The SMILES string of the molecule is C=CCCOC(=O)[C@H]1[C@H]2C(=O)N([C@@H](CO)Cc3ccccc3)C(C(=O)N(CC=C)CCCC)C23CC(Br)[C@@H]1S3. The van der Waals surface area contributed by atoms with Crippen molar-refractivity contribution < 1.29 is 24.2 Å². The first-order valence-electron chi connectivity index (χ1n) is 13.8. The van der Waals surface area contributed by atoms with Crippen LogP contribution in [-0.4, -0.2) is 85.9 Å². The van der Waals surface area contributed by atoms with Crippen LogP contribution in [0, 0.1) is 11.8 Å². The van der Waals surface area contributed by atoms with Crippen LogP contribution in [0.25, 0.3) is 0 Å². The second kappa shape index (κ2) is 13.0. The molecule has 3 fully saturated rings. The lowest BCUT2D eigenvalue weighted by molar-refractivity contribution is -0.154. The van der Waals surface area contributed by atoms with E-state index in [1.807, 2.05) is 30.3 Å². The number of halogens is 1. The Balaban J connectivity index is 1.76. The minimum absolute atomic E-state index is 0.0380. The number of likely N-dealkylation sites (tertiary alicyclic amines) is 1. The van der Waals surface area contributed by atoms with E-state index in [1.165, 1.54) is 0 Å². The summed E-state index contributed by atoms with van der Waals surface area (Å²) in [5.41, 5.74) is 0.967. The van der Waals surface area contributed by atoms with E-state index in [9.17, 15) is 19.5 Å². The molecule has 3 unspecified atom stereocenters. The van der Waals surface area contributed by atoms with Crippen LogP contribution in [0.3, 0.4) is 0 Å². The van der Waals surface area contributed by atoms with Gasteiger partial charge in [0.05, 0.1) is 35.8 Å². The Labute approximate surface area is 244 Å². The zero-order chi connectivity index (χ0) is 28.2. The lowest BCUT2D eigenvalue weighted by Gasteiger charge is -2.40. The van der Waals surface area contributed by atoms with Crippen LogP contribution >= 0.6 is 27.7 Å². The Kier molecular flexibility index (Phi) is 9.99. The minimum Gasteiger partial charge on any atom is -0.465 e. The predicted octanol–water partition coefficient (Wildman–Crippen LogP) is 3.99. The number of aliphatic hydroxyl groups is 1. The monoisotopic (exact) mass is 618 g/mol.